The first kappa shape index (κ1) is 19.9. The van der Waals surface area contributed by atoms with E-state index in [1.54, 1.807) is 0 Å². The van der Waals surface area contributed by atoms with Gasteiger partial charge >= 0.3 is 0 Å². The summed E-state index contributed by atoms with van der Waals surface area (Å²) in [7, 11) is -0.441. The van der Waals surface area contributed by atoms with E-state index in [1.165, 1.54) is 44.0 Å². The van der Waals surface area contributed by atoms with Crippen LogP contribution in [0.4, 0.5) is 0 Å². The van der Waals surface area contributed by atoms with Crippen LogP contribution in [0, 0.1) is 0 Å². The van der Waals surface area contributed by atoms with Gasteiger partial charge in [-0.2, -0.15) is 0 Å². The minimum atomic E-state index is -0.441. The molecule has 1 heteroatoms. The molecule has 0 N–H and O–H groups in total. The Bertz CT molecular complexity index is 994. The topological polar surface area (TPSA) is 0 Å². The van der Waals surface area contributed by atoms with Gasteiger partial charge in [-0.05, 0) is 68.5 Å². The van der Waals surface area contributed by atoms with Gasteiger partial charge in [0.25, 0.3) is 0 Å². The van der Waals surface area contributed by atoms with Gasteiger partial charge < -0.3 is 0 Å². The molecule has 0 bridgehead atoms. The zero-order valence-corrected chi connectivity index (χ0v) is 18.7. The average Bonchev–Trinajstić information content (AvgIpc) is 2.96. The number of benzene rings is 3. The fraction of sp³-hybridized carbons (Fsp3) is 0.214. The SMILES string of the molecule is CC1=C(C)C(c2ccccc2CP(c2ccccc2)c2ccccc2)C(C)=C1C. The van der Waals surface area contributed by atoms with Gasteiger partial charge in [0.05, 0.1) is 0 Å². The fourth-order valence-electron chi connectivity index (χ4n) is 4.49. The van der Waals surface area contributed by atoms with E-state index in [0.717, 1.165) is 6.16 Å². The van der Waals surface area contributed by atoms with Gasteiger partial charge in [-0.15, -0.1) is 0 Å². The Morgan fingerprint density at radius 2 is 1.03 bits per heavy atom. The highest BCUT2D eigenvalue weighted by atomic mass is 31.1. The van der Waals surface area contributed by atoms with Gasteiger partial charge in [0.15, 0.2) is 0 Å². The second-order valence-electron chi connectivity index (χ2n) is 8.01. The molecule has 0 spiro atoms. The van der Waals surface area contributed by atoms with E-state index in [-0.39, 0.29) is 0 Å². The van der Waals surface area contributed by atoms with E-state index in [0.29, 0.717) is 5.92 Å². The van der Waals surface area contributed by atoms with Crippen LogP contribution in [0.2, 0.25) is 0 Å². The third-order valence-corrected chi connectivity index (χ3v) is 8.94. The zero-order valence-electron chi connectivity index (χ0n) is 17.8. The molecule has 0 fully saturated rings. The second kappa shape index (κ2) is 8.52. The van der Waals surface area contributed by atoms with Gasteiger partial charge in [0, 0.05) is 12.1 Å². The number of hydrogen-bond acceptors (Lipinski definition) is 0. The standard InChI is InChI=1S/C28H29P/c1-20-21(2)23(4)28(22(20)3)27-18-12-11-13-24(27)19-29(25-14-7-5-8-15-25)26-16-9-6-10-17-26/h5-18,28H,19H2,1-4H3. The van der Waals surface area contributed by atoms with Gasteiger partial charge in [0.2, 0.25) is 0 Å². The third kappa shape index (κ3) is 3.87. The van der Waals surface area contributed by atoms with Crippen LogP contribution in [0.3, 0.4) is 0 Å². The molecule has 0 saturated heterocycles. The van der Waals surface area contributed by atoms with Crippen molar-refractivity contribution >= 4 is 18.5 Å². The maximum Gasteiger partial charge on any atom is 0.0266 e. The quantitative estimate of drug-likeness (QED) is 0.404. The Kier molecular flexibility index (Phi) is 5.84. The molecule has 3 aromatic rings. The molecule has 0 atom stereocenters. The van der Waals surface area contributed by atoms with Crippen molar-refractivity contribution in [2.45, 2.75) is 39.8 Å². The Morgan fingerprint density at radius 1 is 0.586 bits per heavy atom. The van der Waals surface area contributed by atoms with Gasteiger partial charge in [-0.1, -0.05) is 96.1 Å². The summed E-state index contributed by atoms with van der Waals surface area (Å²) in [6, 6.07) is 31.2. The lowest BCUT2D eigenvalue weighted by Gasteiger charge is -2.24. The predicted octanol–water partition coefficient (Wildman–Crippen LogP) is 7.09. The summed E-state index contributed by atoms with van der Waals surface area (Å²) in [6.07, 6.45) is 1.08. The number of rotatable bonds is 5. The van der Waals surface area contributed by atoms with Crippen LogP contribution in [0.15, 0.2) is 107 Å². The Morgan fingerprint density at radius 3 is 1.55 bits per heavy atom. The molecule has 3 aromatic carbocycles. The molecule has 0 heterocycles. The Labute approximate surface area is 176 Å². The van der Waals surface area contributed by atoms with Gasteiger partial charge in [-0.25, -0.2) is 0 Å². The van der Waals surface area contributed by atoms with Crippen LogP contribution >= 0.6 is 7.92 Å². The van der Waals surface area contributed by atoms with E-state index >= 15 is 0 Å². The molecule has 0 amide bonds. The highest BCUT2D eigenvalue weighted by Gasteiger charge is 2.28. The number of hydrogen-bond donors (Lipinski definition) is 0. The minimum Gasteiger partial charge on any atom is -0.0622 e. The van der Waals surface area contributed by atoms with E-state index in [9.17, 15) is 0 Å². The molecule has 0 aromatic heterocycles. The molecular weight excluding hydrogens is 367 g/mol. The lowest BCUT2D eigenvalue weighted by atomic mass is 9.86. The second-order valence-corrected chi connectivity index (χ2v) is 10.2. The molecule has 4 rings (SSSR count). The highest BCUT2D eigenvalue weighted by molar-refractivity contribution is 7.72. The molecule has 0 saturated carbocycles. The summed E-state index contributed by atoms with van der Waals surface area (Å²) >= 11 is 0. The smallest absolute Gasteiger partial charge is 0.0266 e. The zero-order chi connectivity index (χ0) is 20.4. The highest BCUT2D eigenvalue weighted by Crippen LogP contribution is 2.46. The van der Waals surface area contributed by atoms with Crippen molar-refractivity contribution in [3.63, 3.8) is 0 Å². The van der Waals surface area contributed by atoms with Crippen molar-refractivity contribution in [3.8, 4) is 0 Å². The van der Waals surface area contributed by atoms with Crippen molar-refractivity contribution in [3.05, 3.63) is 118 Å². The van der Waals surface area contributed by atoms with Crippen LogP contribution in [-0.2, 0) is 6.16 Å². The van der Waals surface area contributed by atoms with Crippen LogP contribution in [0.25, 0.3) is 0 Å². The maximum absolute atomic E-state index is 2.35. The molecule has 0 unspecified atom stereocenters. The normalized spacial score (nSPS) is 14.9. The monoisotopic (exact) mass is 396 g/mol. The maximum atomic E-state index is 2.35. The van der Waals surface area contributed by atoms with Gasteiger partial charge in [0.1, 0.15) is 0 Å². The fourth-order valence-corrected chi connectivity index (χ4v) is 6.85. The van der Waals surface area contributed by atoms with Crippen LogP contribution in [-0.4, -0.2) is 0 Å². The third-order valence-electron chi connectivity index (χ3n) is 6.44. The molecule has 0 aliphatic heterocycles. The molecular formula is C28H29P. The van der Waals surface area contributed by atoms with Crippen molar-refractivity contribution in [1.29, 1.82) is 0 Å². The first-order valence-corrected chi connectivity index (χ1v) is 11.9. The Balaban J connectivity index is 1.78. The lowest BCUT2D eigenvalue weighted by Crippen LogP contribution is -2.14. The minimum absolute atomic E-state index is 0.426. The molecule has 1 aliphatic rings. The first-order valence-electron chi connectivity index (χ1n) is 10.4. The van der Waals surface area contributed by atoms with Crippen molar-refractivity contribution in [2.75, 3.05) is 0 Å². The van der Waals surface area contributed by atoms with Crippen molar-refractivity contribution in [2.24, 2.45) is 0 Å². The molecule has 0 radical (unpaired) electrons. The van der Waals surface area contributed by atoms with E-state index in [2.05, 4.69) is 113 Å². The lowest BCUT2D eigenvalue weighted by molar-refractivity contribution is 0.921. The van der Waals surface area contributed by atoms with Gasteiger partial charge in [-0.3, -0.25) is 0 Å². The van der Waals surface area contributed by atoms with E-state index < -0.39 is 7.92 Å². The summed E-state index contributed by atoms with van der Waals surface area (Å²) in [5, 5.41) is 2.89. The Hall–Kier alpha value is -2.43. The summed E-state index contributed by atoms with van der Waals surface area (Å²) < 4.78 is 0. The van der Waals surface area contributed by atoms with Crippen LogP contribution in [0.1, 0.15) is 44.7 Å². The van der Waals surface area contributed by atoms with Crippen LogP contribution < -0.4 is 10.6 Å². The van der Waals surface area contributed by atoms with E-state index in [4.69, 9.17) is 0 Å². The molecule has 1 aliphatic carbocycles. The molecule has 29 heavy (non-hydrogen) atoms. The molecule has 0 nitrogen and oxygen atoms in total. The van der Waals surface area contributed by atoms with Crippen LogP contribution in [0.5, 0.6) is 0 Å². The first-order chi connectivity index (χ1) is 14.1. The summed E-state index contributed by atoms with van der Waals surface area (Å²) in [5.74, 6) is 0.426. The summed E-state index contributed by atoms with van der Waals surface area (Å²) in [5.41, 5.74) is 8.93. The summed E-state index contributed by atoms with van der Waals surface area (Å²) in [4.78, 5) is 0. The average molecular weight is 397 g/mol. The summed E-state index contributed by atoms with van der Waals surface area (Å²) in [6.45, 7) is 9.18. The predicted molar refractivity (Wildman–Crippen MR) is 129 cm³/mol. The van der Waals surface area contributed by atoms with Crippen molar-refractivity contribution < 1.29 is 0 Å². The van der Waals surface area contributed by atoms with E-state index in [1.807, 2.05) is 0 Å². The largest absolute Gasteiger partial charge is 0.0622 e. The van der Waals surface area contributed by atoms with Crippen molar-refractivity contribution in [1.82, 2.24) is 0 Å². The molecule has 146 valence electrons. The number of allylic oxidation sites excluding steroid dienone is 4.